The molecule has 4 N–H and O–H groups in total. The van der Waals surface area contributed by atoms with Gasteiger partial charge in [-0.1, -0.05) is 29.5 Å². The van der Waals surface area contributed by atoms with E-state index in [2.05, 4.69) is 15.3 Å². The number of carbonyl (C=O) groups is 1. The first-order valence-corrected chi connectivity index (χ1v) is 8.06. The van der Waals surface area contributed by atoms with Crippen LogP contribution in [0.15, 0.2) is 28.2 Å². The second-order valence-corrected chi connectivity index (χ2v) is 6.83. The van der Waals surface area contributed by atoms with Gasteiger partial charge in [0.2, 0.25) is 5.91 Å². The van der Waals surface area contributed by atoms with Gasteiger partial charge in [0.1, 0.15) is 5.82 Å². The van der Waals surface area contributed by atoms with Crippen molar-refractivity contribution in [2.75, 3.05) is 11.1 Å². The number of rotatable bonds is 4. The van der Waals surface area contributed by atoms with Gasteiger partial charge in [-0.3, -0.25) is 9.59 Å². The van der Waals surface area contributed by atoms with Gasteiger partial charge in [0.15, 0.2) is 5.16 Å². The minimum Gasteiger partial charge on any atom is -0.383 e. The fourth-order valence-electron chi connectivity index (χ4n) is 2.33. The monoisotopic (exact) mass is 332 g/mol. The van der Waals surface area contributed by atoms with E-state index in [4.69, 9.17) is 5.73 Å². The van der Waals surface area contributed by atoms with Crippen LogP contribution in [0.25, 0.3) is 0 Å². The van der Waals surface area contributed by atoms with Crippen LogP contribution < -0.4 is 16.6 Å². The van der Waals surface area contributed by atoms with Gasteiger partial charge in [0, 0.05) is 11.8 Å². The number of hydrogen-bond donors (Lipinski definition) is 3. The molecule has 0 aliphatic heterocycles. The zero-order valence-corrected chi connectivity index (χ0v) is 14.4. The molecule has 6 nitrogen and oxygen atoms in total. The van der Waals surface area contributed by atoms with Crippen molar-refractivity contribution in [2.24, 2.45) is 0 Å². The summed E-state index contributed by atoms with van der Waals surface area (Å²) in [5, 5.41) is 2.84. The second kappa shape index (κ2) is 6.87. The molecule has 1 atom stereocenters. The third-order valence-electron chi connectivity index (χ3n) is 3.32. The Balaban J connectivity index is 2.13. The number of nitrogens with two attached hydrogens (primary N) is 1. The number of thioether (sulfide) groups is 1. The zero-order chi connectivity index (χ0) is 17.1. The summed E-state index contributed by atoms with van der Waals surface area (Å²) in [6.45, 7) is 7.70. The van der Waals surface area contributed by atoms with E-state index in [1.54, 1.807) is 6.92 Å². The van der Waals surface area contributed by atoms with E-state index in [9.17, 15) is 9.59 Å². The number of hydrogen-bond acceptors (Lipinski definition) is 5. The molecule has 122 valence electrons. The molecule has 0 aliphatic rings. The summed E-state index contributed by atoms with van der Waals surface area (Å²) in [5.41, 5.74) is 9.22. The van der Waals surface area contributed by atoms with Gasteiger partial charge in [0.25, 0.3) is 5.56 Å². The van der Waals surface area contributed by atoms with E-state index in [1.807, 2.05) is 32.9 Å². The smallest absolute Gasteiger partial charge is 0.253 e. The third-order valence-corrected chi connectivity index (χ3v) is 4.31. The lowest BCUT2D eigenvalue weighted by Gasteiger charge is -2.16. The molecule has 0 fully saturated rings. The van der Waals surface area contributed by atoms with Crippen molar-refractivity contribution in [3.8, 4) is 0 Å². The average Bonchev–Trinajstić information content (AvgIpc) is 2.41. The van der Waals surface area contributed by atoms with E-state index >= 15 is 0 Å². The number of H-pyrrole nitrogens is 1. The Morgan fingerprint density at radius 2 is 1.87 bits per heavy atom. The Bertz CT molecular complexity index is 778. The van der Waals surface area contributed by atoms with Crippen molar-refractivity contribution in [1.29, 1.82) is 0 Å². The van der Waals surface area contributed by atoms with Crippen LogP contribution in [0.1, 0.15) is 23.6 Å². The summed E-state index contributed by atoms with van der Waals surface area (Å²) < 4.78 is 0. The van der Waals surface area contributed by atoms with Crippen LogP contribution in [0, 0.1) is 20.8 Å². The first kappa shape index (κ1) is 17.1. The summed E-state index contributed by atoms with van der Waals surface area (Å²) in [4.78, 5) is 30.4. The van der Waals surface area contributed by atoms with Crippen LogP contribution in [0.2, 0.25) is 0 Å². The highest BCUT2D eigenvalue weighted by atomic mass is 32.2. The van der Waals surface area contributed by atoms with Crippen LogP contribution in [0.5, 0.6) is 0 Å². The van der Waals surface area contributed by atoms with E-state index in [1.165, 1.54) is 6.07 Å². The quantitative estimate of drug-likeness (QED) is 0.589. The number of nitrogen functional groups attached to an aromatic ring is 1. The Morgan fingerprint density at radius 1 is 1.26 bits per heavy atom. The molecule has 1 aromatic heterocycles. The van der Waals surface area contributed by atoms with Crippen molar-refractivity contribution in [1.82, 2.24) is 9.97 Å². The van der Waals surface area contributed by atoms with Crippen LogP contribution in [-0.4, -0.2) is 21.1 Å². The lowest BCUT2D eigenvalue weighted by molar-refractivity contribution is -0.115. The molecule has 1 aromatic carbocycles. The predicted molar refractivity (Wildman–Crippen MR) is 93.9 cm³/mol. The number of amides is 1. The number of carbonyl (C=O) groups excluding carboxylic acids is 1. The molecule has 0 radical (unpaired) electrons. The lowest BCUT2D eigenvalue weighted by Crippen LogP contribution is -2.24. The summed E-state index contributed by atoms with van der Waals surface area (Å²) in [6, 6.07) is 5.25. The second-order valence-electron chi connectivity index (χ2n) is 5.50. The van der Waals surface area contributed by atoms with E-state index in [0.717, 1.165) is 34.1 Å². The molecule has 2 aromatic rings. The Labute approximate surface area is 138 Å². The summed E-state index contributed by atoms with van der Waals surface area (Å²) in [5.74, 6) is -0.0239. The highest BCUT2D eigenvalue weighted by Gasteiger charge is 2.18. The van der Waals surface area contributed by atoms with Crippen LogP contribution in [0.4, 0.5) is 11.5 Å². The zero-order valence-electron chi connectivity index (χ0n) is 13.6. The molecular weight excluding hydrogens is 312 g/mol. The molecular formula is C16H20N4O2S. The maximum Gasteiger partial charge on any atom is 0.253 e. The SMILES string of the molecule is Cc1cc(C)c(NC(=O)[C@H](C)Sc2nc(N)cc(=O)[nH]2)c(C)c1. The molecule has 0 aliphatic carbocycles. The predicted octanol–water partition coefficient (Wildman–Crippen LogP) is 2.40. The molecule has 0 saturated carbocycles. The van der Waals surface area contributed by atoms with Gasteiger partial charge in [-0.25, -0.2) is 4.98 Å². The molecule has 23 heavy (non-hydrogen) atoms. The van der Waals surface area contributed by atoms with Crippen molar-refractivity contribution in [2.45, 2.75) is 38.1 Å². The Hall–Kier alpha value is -2.28. The average molecular weight is 332 g/mol. The normalized spacial score (nSPS) is 12.0. The molecule has 7 heteroatoms. The van der Waals surface area contributed by atoms with Crippen LogP contribution in [0.3, 0.4) is 0 Å². The summed E-state index contributed by atoms with van der Waals surface area (Å²) in [7, 11) is 0. The minimum absolute atomic E-state index is 0.133. The fraction of sp³-hybridized carbons (Fsp3) is 0.312. The Morgan fingerprint density at radius 3 is 2.43 bits per heavy atom. The first-order valence-electron chi connectivity index (χ1n) is 7.18. The summed E-state index contributed by atoms with van der Waals surface area (Å²) >= 11 is 1.16. The molecule has 1 amide bonds. The third kappa shape index (κ3) is 4.35. The molecule has 0 unspecified atom stereocenters. The van der Waals surface area contributed by atoms with Crippen molar-refractivity contribution < 1.29 is 4.79 Å². The standard InChI is InChI=1S/C16H20N4O2S/c1-8-5-9(2)14(10(3)6-8)20-15(22)11(4)23-16-18-12(17)7-13(21)19-16/h5-7,11H,1-4H3,(H,20,22)(H3,17,18,19,21)/t11-/m0/s1. The largest absolute Gasteiger partial charge is 0.383 e. The van der Waals surface area contributed by atoms with Crippen molar-refractivity contribution >= 4 is 29.2 Å². The number of nitrogens with zero attached hydrogens (tertiary/aromatic N) is 1. The molecule has 2 rings (SSSR count). The van der Waals surface area contributed by atoms with Gasteiger partial charge < -0.3 is 16.0 Å². The van der Waals surface area contributed by atoms with Gasteiger partial charge in [0.05, 0.1) is 5.25 Å². The minimum atomic E-state index is -0.431. The van der Waals surface area contributed by atoms with Crippen LogP contribution >= 0.6 is 11.8 Å². The number of aryl methyl sites for hydroxylation is 3. The first-order chi connectivity index (χ1) is 10.8. The number of aromatic amines is 1. The van der Waals surface area contributed by atoms with E-state index in [-0.39, 0.29) is 17.3 Å². The van der Waals surface area contributed by atoms with Gasteiger partial charge >= 0.3 is 0 Å². The van der Waals surface area contributed by atoms with E-state index < -0.39 is 5.25 Å². The number of benzene rings is 1. The van der Waals surface area contributed by atoms with Gasteiger partial charge in [-0.05, 0) is 38.8 Å². The van der Waals surface area contributed by atoms with Crippen LogP contribution in [-0.2, 0) is 4.79 Å². The van der Waals surface area contributed by atoms with Gasteiger partial charge in [-0.15, -0.1) is 0 Å². The fourth-order valence-corrected chi connectivity index (χ4v) is 3.15. The molecule has 0 saturated heterocycles. The lowest BCUT2D eigenvalue weighted by atomic mass is 10.1. The maximum atomic E-state index is 12.4. The topological polar surface area (TPSA) is 101 Å². The molecule has 1 heterocycles. The highest BCUT2D eigenvalue weighted by Crippen LogP contribution is 2.25. The number of nitrogens with one attached hydrogen (secondary N) is 2. The molecule has 0 spiro atoms. The molecule has 0 bridgehead atoms. The summed E-state index contributed by atoms with van der Waals surface area (Å²) in [6.07, 6.45) is 0. The number of anilines is 2. The van der Waals surface area contributed by atoms with E-state index in [0.29, 0.717) is 5.16 Å². The van der Waals surface area contributed by atoms with Crippen molar-refractivity contribution in [3.63, 3.8) is 0 Å². The van der Waals surface area contributed by atoms with Crippen molar-refractivity contribution in [3.05, 3.63) is 45.2 Å². The van der Waals surface area contributed by atoms with Gasteiger partial charge in [-0.2, -0.15) is 0 Å². The Kier molecular flexibility index (Phi) is 5.10. The number of aromatic nitrogens is 2. The maximum absolute atomic E-state index is 12.4. The highest BCUT2D eigenvalue weighted by molar-refractivity contribution is 8.00.